The zero-order chi connectivity index (χ0) is 13.0. The van der Waals surface area contributed by atoms with Crippen LogP contribution in [0.15, 0.2) is 42.7 Å². The Bertz CT molecular complexity index is 568. The summed E-state index contributed by atoms with van der Waals surface area (Å²) >= 11 is 0. The number of para-hydroxylation sites is 1. The molecule has 2 aromatic rings. The van der Waals surface area contributed by atoms with Crippen molar-refractivity contribution >= 4 is 5.97 Å². The first-order valence-electron chi connectivity index (χ1n) is 5.26. The molecule has 0 bridgehead atoms. The van der Waals surface area contributed by atoms with Gasteiger partial charge in [0.1, 0.15) is 11.3 Å². The average molecular weight is 245 g/mol. The summed E-state index contributed by atoms with van der Waals surface area (Å²) in [6.45, 7) is -0.182. The second-order valence-corrected chi connectivity index (χ2v) is 3.54. The molecule has 2 N–H and O–H groups in total. The average Bonchev–Trinajstić information content (AvgIpc) is 2.40. The number of rotatable bonds is 4. The standard InChI is InChI=1S/C13H11NO4/c15-8-9-3-1-2-4-11(9)18-12-7-14-6-5-10(12)13(16)17/h1-7,15H,8H2,(H,16,17). The Morgan fingerprint density at radius 1 is 1.22 bits per heavy atom. The predicted octanol–water partition coefficient (Wildman–Crippen LogP) is 2.06. The summed E-state index contributed by atoms with van der Waals surface area (Å²) in [6, 6.07) is 8.22. The molecule has 0 unspecified atom stereocenters. The zero-order valence-corrected chi connectivity index (χ0v) is 9.41. The highest BCUT2D eigenvalue weighted by molar-refractivity contribution is 5.90. The van der Waals surface area contributed by atoms with E-state index in [1.54, 1.807) is 24.3 Å². The minimum Gasteiger partial charge on any atom is -0.478 e. The van der Waals surface area contributed by atoms with Crippen LogP contribution in [-0.4, -0.2) is 21.2 Å². The molecule has 5 nitrogen and oxygen atoms in total. The fraction of sp³-hybridized carbons (Fsp3) is 0.0769. The van der Waals surface area contributed by atoms with Gasteiger partial charge in [-0.3, -0.25) is 4.98 Å². The fourth-order valence-corrected chi connectivity index (χ4v) is 1.49. The van der Waals surface area contributed by atoms with E-state index in [1.807, 2.05) is 0 Å². The molecule has 0 aliphatic carbocycles. The largest absolute Gasteiger partial charge is 0.478 e. The van der Waals surface area contributed by atoms with Gasteiger partial charge in [-0.1, -0.05) is 18.2 Å². The molecule has 5 heteroatoms. The Kier molecular flexibility index (Phi) is 3.54. The first-order chi connectivity index (χ1) is 8.72. The van der Waals surface area contributed by atoms with Crippen molar-refractivity contribution in [2.75, 3.05) is 0 Å². The van der Waals surface area contributed by atoms with Gasteiger partial charge in [0, 0.05) is 11.8 Å². The van der Waals surface area contributed by atoms with Crippen molar-refractivity contribution in [3.63, 3.8) is 0 Å². The molecule has 2 rings (SSSR count). The number of aromatic carboxylic acids is 1. The van der Waals surface area contributed by atoms with E-state index in [2.05, 4.69) is 4.98 Å². The van der Waals surface area contributed by atoms with Crippen molar-refractivity contribution in [2.45, 2.75) is 6.61 Å². The van der Waals surface area contributed by atoms with Gasteiger partial charge in [0.15, 0.2) is 5.75 Å². The molecule has 18 heavy (non-hydrogen) atoms. The molecule has 0 spiro atoms. The summed E-state index contributed by atoms with van der Waals surface area (Å²) in [7, 11) is 0. The molecule has 0 fully saturated rings. The first-order valence-corrected chi connectivity index (χ1v) is 5.26. The molecule has 1 aromatic carbocycles. The smallest absolute Gasteiger partial charge is 0.339 e. The van der Waals surface area contributed by atoms with Gasteiger partial charge >= 0.3 is 5.97 Å². The number of carbonyl (C=O) groups is 1. The molecule has 0 aliphatic rings. The second-order valence-electron chi connectivity index (χ2n) is 3.54. The van der Waals surface area contributed by atoms with Gasteiger partial charge in [-0.15, -0.1) is 0 Å². The summed E-state index contributed by atoms with van der Waals surface area (Å²) in [4.78, 5) is 14.8. The molecule has 92 valence electrons. The SMILES string of the molecule is O=C(O)c1ccncc1Oc1ccccc1CO. The highest BCUT2D eigenvalue weighted by Crippen LogP contribution is 2.27. The van der Waals surface area contributed by atoms with E-state index in [0.717, 1.165) is 0 Å². The van der Waals surface area contributed by atoms with Crippen molar-refractivity contribution in [3.8, 4) is 11.5 Å². The Hall–Kier alpha value is -2.40. The normalized spacial score (nSPS) is 10.1. The summed E-state index contributed by atoms with van der Waals surface area (Å²) < 4.78 is 5.49. The minimum atomic E-state index is -1.09. The van der Waals surface area contributed by atoms with Crippen molar-refractivity contribution < 1.29 is 19.7 Å². The summed E-state index contributed by atoms with van der Waals surface area (Å²) in [6.07, 6.45) is 2.71. The highest BCUT2D eigenvalue weighted by Gasteiger charge is 2.12. The number of aliphatic hydroxyl groups is 1. The molecule has 1 aromatic heterocycles. The number of hydrogen-bond donors (Lipinski definition) is 2. The predicted molar refractivity (Wildman–Crippen MR) is 63.6 cm³/mol. The van der Waals surface area contributed by atoms with Crippen LogP contribution in [0.1, 0.15) is 15.9 Å². The van der Waals surface area contributed by atoms with E-state index in [1.165, 1.54) is 18.5 Å². The van der Waals surface area contributed by atoms with E-state index in [4.69, 9.17) is 14.9 Å². The van der Waals surface area contributed by atoms with E-state index in [0.29, 0.717) is 11.3 Å². The lowest BCUT2D eigenvalue weighted by Gasteiger charge is -2.10. The Morgan fingerprint density at radius 2 is 2.00 bits per heavy atom. The Morgan fingerprint density at radius 3 is 2.72 bits per heavy atom. The van der Waals surface area contributed by atoms with Crippen LogP contribution >= 0.6 is 0 Å². The van der Waals surface area contributed by atoms with Crippen molar-refractivity contribution in [1.82, 2.24) is 4.98 Å². The lowest BCUT2D eigenvalue weighted by atomic mass is 10.2. The van der Waals surface area contributed by atoms with Crippen LogP contribution in [0.25, 0.3) is 0 Å². The third-order valence-electron chi connectivity index (χ3n) is 2.38. The van der Waals surface area contributed by atoms with E-state index in [-0.39, 0.29) is 17.9 Å². The molecule has 0 atom stereocenters. The summed E-state index contributed by atoms with van der Waals surface area (Å²) in [5, 5.41) is 18.2. The molecule has 0 saturated carbocycles. The number of nitrogens with zero attached hydrogens (tertiary/aromatic N) is 1. The van der Waals surface area contributed by atoms with Gasteiger partial charge in [-0.05, 0) is 12.1 Å². The highest BCUT2D eigenvalue weighted by atomic mass is 16.5. The maximum Gasteiger partial charge on any atom is 0.339 e. The molecule has 0 aliphatic heterocycles. The summed E-state index contributed by atoms with van der Waals surface area (Å²) in [5.41, 5.74) is 0.607. The van der Waals surface area contributed by atoms with Gasteiger partial charge in [-0.2, -0.15) is 0 Å². The number of ether oxygens (including phenoxy) is 1. The molecular weight excluding hydrogens is 234 g/mol. The van der Waals surface area contributed by atoms with Crippen LogP contribution in [0.2, 0.25) is 0 Å². The molecular formula is C13H11NO4. The quantitative estimate of drug-likeness (QED) is 0.861. The second kappa shape index (κ2) is 5.29. The topological polar surface area (TPSA) is 79.7 Å². The van der Waals surface area contributed by atoms with Crippen LogP contribution in [-0.2, 0) is 6.61 Å². The van der Waals surface area contributed by atoms with Crippen LogP contribution in [0.5, 0.6) is 11.5 Å². The molecule has 0 amide bonds. The van der Waals surface area contributed by atoms with Gasteiger partial charge in [-0.25, -0.2) is 4.79 Å². The number of hydrogen-bond acceptors (Lipinski definition) is 4. The van der Waals surface area contributed by atoms with Crippen molar-refractivity contribution in [1.29, 1.82) is 0 Å². The molecule has 0 radical (unpaired) electrons. The lowest BCUT2D eigenvalue weighted by Crippen LogP contribution is -2.01. The maximum atomic E-state index is 11.0. The van der Waals surface area contributed by atoms with Gasteiger partial charge in [0.25, 0.3) is 0 Å². The summed E-state index contributed by atoms with van der Waals surface area (Å²) in [5.74, 6) is -0.532. The van der Waals surface area contributed by atoms with Crippen molar-refractivity contribution in [3.05, 3.63) is 53.9 Å². The third kappa shape index (κ3) is 2.46. The minimum absolute atomic E-state index is 0.0257. The monoisotopic (exact) mass is 245 g/mol. The number of aliphatic hydroxyl groups excluding tert-OH is 1. The Labute approximate surface area is 103 Å². The lowest BCUT2D eigenvalue weighted by molar-refractivity contribution is 0.0694. The number of benzene rings is 1. The molecule has 0 saturated heterocycles. The number of carboxylic acid groups (broad SMARTS) is 1. The maximum absolute atomic E-state index is 11.0. The van der Waals surface area contributed by atoms with Gasteiger partial charge < -0.3 is 14.9 Å². The van der Waals surface area contributed by atoms with E-state index in [9.17, 15) is 4.79 Å². The van der Waals surface area contributed by atoms with E-state index < -0.39 is 5.97 Å². The molecule has 1 heterocycles. The van der Waals surface area contributed by atoms with Crippen molar-refractivity contribution in [2.24, 2.45) is 0 Å². The van der Waals surface area contributed by atoms with Crippen LogP contribution in [0, 0.1) is 0 Å². The number of carboxylic acids is 1. The zero-order valence-electron chi connectivity index (χ0n) is 9.41. The first kappa shape index (κ1) is 12.1. The Balaban J connectivity index is 2.37. The van der Waals surface area contributed by atoms with Crippen LogP contribution in [0.4, 0.5) is 0 Å². The van der Waals surface area contributed by atoms with Crippen LogP contribution < -0.4 is 4.74 Å². The third-order valence-corrected chi connectivity index (χ3v) is 2.38. The van der Waals surface area contributed by atoms with Crippen LogP contribution in [0.3, 0.4) is 0 Å². The van der Waals surface area contributed by atoms with E-state index >= 15 is 0 Å². The van der Waals surface area contributed by atoms with Gasteiger partial charge in [0.2, 0.25) is 0 Å². The van der Waals surface area contributed by atoms with Gasteiger partial charge in [0.05, 0.1) is 12.8 Å². The fourth-order valence-electron chi connectivity index (χ4n) is 1.49. The number of aromatic nitrogens is 1. The number of pyridine rings is 1.